The van der Waals surface area contributed by atoms with Gasteiger partial charge in [-0.05, 0) is 49.9 Å². The third-order valence-electron chi connectivity index (χ3n) is 6.73. The van der Waals surface area contributed by atoms with E-state index in [1.54, 1.807) is 17.7 Å². The largest absolute Gasteiger partial charge is 0.495 e. The highest BCUT2D eigenvalue weighted by molar-refractivity contribution is 5.79. The van der Waals surface area contributed by atoms with Gasteiger partial charge >= 0.3 is 0 Å². The number of aromatic nitrogens is 2. The zero-order valence-corrected chi connectivity index (χ0v) is 22.5. The van der Waals surface area contributed by atoms with Gasteiger partial charge in [-0.1, -0.05) is 70.7 Å². The lowest BCUT2D eigenvalue weighted by molar-refractivity contribution is -0.133. The second kappa shape index (κ2) is 13.2. The van der Waals surface area contributed by atoms with Gasteiger partial charge in [-0.25, -0.2) is 4.98 Å². The molecule has 0 saturated carbocycles. The molecule has 1 unspecified atom stereocenters. The molecule has 0 N–H and O–H groups in total. The lowest BCUT2D eigenvalue weighted by Gasteiger charge is -2.31. The molecule has 0 saturated heterocycles. The third kappa shape index (κ3) is 6.54. The molecule has 0 spiro atoms. The summed E-state index contributed by atoms with van der Waals surface area (Å²) < 4.78 is 7.23. The third-order valence-corrected chi connectivity index (χ3v) is 6.73. The topological polar surface area (TPSA) is 64.4 Å². The first kappa shape index (κ1) is 27.4. The van der Waals surface area contributed by atoms with Crippen molar-refractivity contribution in [3.8, 4) is 11.4 Å². The first-order chi connectivity index (χ1) is 17.4. The summed E-state index contributed by atoms with van der Waals surface area (Å²) in [4.78, 5) is 34.2. The minimum absolute atomic E-state index is 0.119. The summed E-state index contributed by atoms with van der Waals surface area (Å²) in [5, 5.41) is 0.537. The number of ether oxygens (including phenoxy) is 1. The van der Waals surface area contributed by atoms with Crippen LogP contribution in [0.15, 0.2) is 53.3 Å². The summed E-state index contributed by atoms with van der Waals surface area (Å²) in [6.45, 7) is 9.13. The van der Waals surface area contributed by atoms with Crippen LogP contribution < -0.4 is 10.3 Å². The fraction of sp³-hybridized carbons (Fsp3) is 0.500. The van der Waals surface area contributed by atoms with E-state index in [-0.39, 0.29) is 17.5 Å². The first-order valence-electron chi connectivity index (χ1n) is 13.3. The lowest BCUT2D eigenvalue weighted by Crippen LogP contribution is -2.38. The number of carbonyl (C=O) groups excluding carboxylic acids is 1. The maximum atomic E-state index is 13.8. The molecule has 3 aromatic rings. The number of unbranched alkanes of at least 4 members (excludes halogenated alkanes) is 4. The molecule has 0 aliphatic carbocycles. The number of nitrogens with zero attached hydrogens (tertiary/aromatic N) is 3. The first-order valence-corrected chi connectivity index (χ1v) is 13.3. The van der Waals surface area contributed by atoms with Gasteiger partial charge in [-0.15, -0.1) is 0 Å². The molecule has 0 aliphatic rings. The summed E-state index contributed by atoms with van der Waals surface area (Å²) in [6.07, 6.45) is 6.88. The van der Waals surface area contributed by atoms with Gasteiger partial charge in [0.1, 0.15) is 11.6 Å². The SMILES string of the molecule is CCCCCCCC(=O)N(CCC(C)C)C(C)c1nc2ccccc2c(=O)n1-c1ccccc1OC. The maximum absolute atomic E-state index is 13.8. The Balaban J connectivity index is 2.08. The summed E-state index contributed by atoms with van der Waals surface area (Å²) in [6, 6.07) is 14.5. The van der Waals surface area contributed by atoms with E-state index in [1.165, 1.54) is 12.8 Å². The van der Waals surface area contributed by atoms with Crippen LogP contribution in [0.1, 0.15) is 84.5 Å². The smallest absolute Gasteiger partial charge is 0.266 e. The second-order valence-electron chi connectivity index (χ2n) is 9.91. The number of benzene rings is 2. The standard InChI is InChI=1S/C30H41N3O3/c1-6-7-8-9-10-19-28(34)32(21-20-22(2)3)23(4)29-31-25-16-12-11-15-24(25)30(35)33(29)26-17-13-14-18-27(26)36-5/h11-18,22-23H,6-10,19-21H2,1-5H3. The molecule has 0 aliphatic heterocycles. The minimum Gasteiger partial charge on any atom is -0.495 e. The molecular weight excluding hydrogens is 450 g/mol. The van der Waals surface area contributed by atoms with Gasteiger partial charge in [0.2, 0.25) is 5.91 Å². The Kier molecular flexibility index (Phi) is 10.1. The number of carbonyl (C=O) groups is 1. The Morgan fingerprint density at radius 2 is 1.69 bits per heavy atom. The van der Waals surface area contributed by atoms with Crippen molar-refractivity contribution >= 4 is 16.8 Å². The van der Waals surface area contributed by atoms with Gasteiger partial charge in [-0.2, -0.15) is 0 Å². The Morgan fingerprint density at radius 1 is 1.00 bits per heavy atom. The van der Waals surface area contributed by atoms with Crippen molar-refractivity contribution in [2.24, 2.45) is 5.92 Å². The fourth-order valence-electron chi connectivity index (χ4n) is 4.57. The zero-order valence-electron chi connectivity index (χ0n) is 22.5. The highest BCUT2D eigenvalue weighted by Crippen LogP contribution is 2.28. The van der Waals surface area contributed by atoms with Crippen molar-refractivity contribution in [1.82, 2.24) is 14.5 Å². The normalized spacial score (nSPS) is 12.2. The second-order valence-corrected chi connectivity index (χ2v) is 9.91. The Labute approximate surface area is 215 Å². The van der Waals surface area contributed by atoms with Crippen molar-refractivity contribution in [2.45, 2.75) is 78.7 Å². The molecule has 1 heterocycles. The van der Waals surface area contributed by atoms with Crippen LogP contribution >= 0.6 is 0 Å². The van der Waals surface area contributed by atoms with E-state index in [2.05, 4.69) is 20.8 Å². The van der Waals surface area contributed by atoms with Crippen LogP contribution in [0.5, 0.6) is 5.75 Å². The van der Waals surface area contributed by atoms with E-state index in [0.717, 1.165) is 25.7 Å². The fourth-order valence-corrected chi connectivity index (χ4v) is 4.57. The molecule has 36 heavy (non-hydrogen) atoms. The molecule has 1 atom stereocenters. The molecule has 0 bridgehead atoms. The van der Waals surface area contributed by atoms with E-state index in [4.69, 9.17) is 9.72 Å². The van der Waals surface area contributed by atoms with Crippen LogP contribution in [-0.4, -0.2) is 34.0 Å². The van der Waals surface area contributed by atoms with E-state index in [0.29, 0.717) is 47.0 Å². The molecule has 194 valence electrons. The van der Waals surface area contributed by atoms with Gasteiger partial charge in [0.05, 0.1) is 29.7 Å². The van der Waals surface area contributed by atoms with Gasteiger partial charge in [0.15, 0.2) is 0 Å². The Hall–Kier alpha value is -3.15. The van der Waals surface area contributed by atoms with Gasteiger partial charge in [-0.3, -0.25) is 14.2 Å². The van der Waals surface area contributed by atoms with E-state index in [1.807, 2.05) is 54.3 Å². The van der Waals surface area contributed by atoms with Crippen LogP contribution in [0.25, 0.3) is 16.6 Å². The van der Waals surface area contributed by atoms with Crippen LogP contribution in [0.2, 0.25) is 0 Å². The average molecular weight is 492 g/mol. The Morgan fingerprint density at radius 3 is 2.42 bits per heavy atom. The summed E-state index contributed by atoms with van der Waals surface area (Å²) in [5.74, 6) is 1.71. The molecule has 6 heteroatoms. The molecule has 1 amide bonds. The molecule has 6 nitrogen and oxygen atoms in total. The number of methoxy groups -OCH3 is 1. The van der Waals surface area contributed by atoms with Gasteiger partial charge in [0.25, 0.3) is 5.56 Å². The van der Waals surface area contributed by atoms with Crippen LogP contribution in [-0.2, 0) is 4.79 Å². The molecule has 0 fully saturated rings. The van der Waals surface area contributed by atoms with Crippen molar-refractivity contribution < 1.29 is 9.53 Å². The minimum atomic E-state index is -0.380. The molecular formula is C30H41N3O3. The van der Waals surface area contributed by atoms with E-state index < -0.39 is 0 Å². The molecule has 3 rings (SSSR count). The van der Waals surface area contributed by atoms with Gasteiger partial charge in [0, 0.05) is 13.0 Å². The van der Waals surface area contributed by atoms with Gasteiger partial charge < -0.3 is 9.64 Å². The number of rotatable bonds is 13. The number of hydrogen-bond acceptors (Lipinski definition) is 4. The summed E-state index contributed by atoms with van der Waals surface area (Å²) >= 11 is 0. The van der Waals surface area contributed by atoms with E-state index in [9.17, 15) is 9.59 Å². The highest BCUT2D eigenvalue weighted by atomic mass is 16.5. The molecule has 2 aromatic carbocycles. The monoisotopic (exact) mass is 491 g/mol. The lowest BCUT2D eigenvalue weighted by atomic mass is 10.1. The number of amides is 1. The maximum Gasteiger partial charge on any atom is 0.266 e. The number of hydrogen-bond donors (Lipinski definition) is 0. The van der Waals surface area contributed by atoms with Crippen molar-refractivity contribution in [3.05, 3.63) is 64.7 Å². The van der Waals surface area contributed by atoms with Crippen LogP contribution in [0.3, 0.4) is 0 Å². The Bertz CT molecular complexity index is 1200. The van der Waals surface area contributed by atoms with Crippen molar-refractivity contribution in [1.29, 1.82) is 0 Å². The predicted molar refractivity (Wildman–Crippen MR) is 147 cm³/mol. The van der Waals surface area contributed by atoms with Crippen molar-refractivity contribution in [2.75, 3.05) is 13.7 Å². The van der Waals surface area contributed by atoms with Crippen LogP contribution in [0.4, 0.5) is 0 Å². The van der Waals surface area contributed by atoms with Crippen molar-refractivity contribution in [3.63, 3.8) is 0 Å². The number of para-hydroxylation sites is 3. The molecule has 1 aromatic heterocycles. The summed E-state index contributed by atoms with van der Waals surface area (Å²) in [5.41, 5.74) is 1.09. The highest BCUT2D eigenvalue weighted by Gasteiger charge is 2.27. The van der Waals surface area contributed by atoms with Crippen LogP contribution in [0, 0.1) is 5.92 Å². The predicted octanol–water partition coefficient (Wildman–Crippen LogP) is 6.69. The zero-order chi connectivity index (χ0) is 26.1. The average Bonchev–Trinajstić information content (AvgIpc) is 2.88. The number of fused-ring (bicyclic) bond motifs is 1. The van der Waals surface area contributed by atoms with E-state index >= 15 is 0 Å². The quantitative estimate of drug-likeness (QED) is 0.250. The summed E-state index contributed by atoms with van der Waals surface area (Å²) in [7, 11) is 1.60. The molecule has 0 radical (unpaired) electrons.